The van der Waals surface area contributed by atoms with Crippen molar-refractivity contribution in [2.45, 2.75) is 38.5 Å². The van der Waals surface area contributed by atoms with Gasteiger partial charge in [-0.1, -0.05) is 43.2 Å². The first-order chi connectivity index (χ1) is 9.79. The summed E-state index contributed by atoms with van der Waals surface area (Å²) in [4.78, 5) is 12.1. The lowest BCUT2D eigenvalue weighted by molar-refractivity contribution is -0.117. The van der Waals surface area contributed by atoms with E-state index in [1.807, 2.05) is 24.3 Å². The Morgan fingerprint density at radius 2 is 2.00 bits per heavy atom. The molecule has 1 amide bonds. The van der Waals surface area contributed by atoms with Gasteiger partial charge in [0.2, 0.25) is 5.91 Å². The summed E-state index contributed by atoms with van der Waals surface area (Å²) in [5, 5.41) is 2.98. The van der Waals surface area contributed by atoms with E-state index in [-0.39, 0.29) is 5.91 Å². The summed E-state index contributed by atoms with van der Waals surface area (Å²) in [5.74, 6) is 6.46. The fraction of sp³-hybridized carbons (Fsp3) is 0.471. The molecule has 106 valence electrons. The second-order valence-electron chi connectivity index (χ2n) is 5.31. The predicted octanol–water partition coefficient (Wildman–Crippen LogP) is 2.91. The lowest BCUT2D eigenvalue weighted by atomic mass is 9.87. The third-order valence-corrected chi connectivity index (χ3v) is 3.73. The van der Waals surface area contributed by atoms with E-state index in [1.165, 1.54) is 32.1 Å². The molecule has 0 unspecified atom stereocenters. The van der Waals surface area contributed by atoms with Gasteiger partial charge in [0.05, 0.1) is 12.2 Å². The normalized spacial score (nSPS) is 15.2. The van der Waals surface area contributed by atoms with Crippen LogP contribution in [0.25, 0.3) is 0 Å². The summed E-state index contributed by atoms with van der Waals surface area (Å²) in [7, 11) is 0. The molecule has 0 radical (unpaired) electrons. The molecule has 0 aliphatic heterocycles. The summed E-state index contributed by atoms with van der Waals surface area (Å²) in [6.45, 7) is 0.324. The maximum Gasteiger partial charge on any atom is 0.224 e. The highest BCUT2D eigenvalue weighted by Gasteiger charge is 2.17. The highest BCUT2D eigenvalue weighted by molar-refractivity contribution is 5.92. The lowest BCUT2D eigenvalue weighted by Gasteiger charge is -2.21. The Labute approximate surface area is 120 Å². The van der Waals surface area contributed by atoms with Gasteiger partial charge in [0.1, 0.15) is 0 Å². The van der Waals surface area contributed by atoms with E-state index >= 15 is 0 Å². The van der Waals surface area contributed by atoms with E-state index in [9.17, 15) is 4.79 Å². The van der Waals surface area contributed by atoms with Gasteiger partial charge >= 0.3 is 0 Å². The molecule has 3 N–H and O–H groups in total. The highest BCUT2D eigenvalue weighted by atomic mass is 16.1. The summed E-state index contributed by atoms with van der Waals surface area (Å²) in [5.41, 5.74) is 7.01. The molecule has 0 spiro atoms. The SMILES string of the molecule is NCC#Cc1ccccc1NC(=O)CC1CCCCC1. The van der Waals surface area contributed by atoms with Crippen LogP contribution in [0.4, 0.5) is 5.69 Å². The first-order valence-corrected chi connectivity index (χ1v) is 7.37. The van der Waals surface area contributed by atoms with E-state index < -0.39 is 0 Å². The molecular weight excluding hydrogens is 248 g/mol. The monoisotopic (exact) mass is 270 g/mol. The van der Waals surface area contributed by atoms with Gasteiger partial charge < -0.3 is 11.1 Å². The van der Waals surface area contributed by atoms with Gasteiger partial charge in [-0.05, 0) is 30.9 Å². The molecular formula is C17H22N2O. The van der Waals surface area contributed by atoms with Gasteiger partial charge in [-0.25, -0.2) is 0 Å². The number of carbonyl (C=O) groups is 1. The molecule has 1 saturated carbocycles. The standard InChI is InChI=1S/C17H22N2O/c18-12-6-10-15-9-4-5-11-16(15)19-17(20)13-14-7-2-1-3-8-14/h4-5,9,11,14H,1-3,7-8,12-13,18H2,(H,19,20). The van der Waals surface area contributed by atoms with Crippen molar-refractivity contribution in [2.75, 3.05) is 11.9 Å². The fourth-order valence-corrected chi connectivity index (χ4v) is 2.70. The lowest BCUT2D eigenvalue weighted by Crippen LogP contribution is -2.18. The van der Waals surface area contributed by atoms with E-state index in [0.29, 0.717) is 18.9 Å². The summed E-state index contributed by atoms with van der Waals surface area (Å²) in [6, 6.07) is 7.61. The Hall–Kier alpha value is -1.79. The maximum absolute atomic E-state index is 12.1. The van der Waals surface area contributed by atoms with Crippen molar-refractivity contribution in [3.05, 3.63) is 29.8 Å². The molecule has 0 aromatic heterocycles. The van der Waals surface area contributed by atoms with Gasteiger partial charge in [0.25, 0.3) is 0 Å². The molecule has 1 aromatic carbocycles. The molecule has 3 nitrogen and oxygen atoms in total. The Bertz CT molecular complexity index is 507. The second kappa shape index (κ2) is 7.72. The number of para-hydroxylation sites is 1. The van der Waals surface area contributed by atoms with Crippen LogP contribution in [0.2, 0.25) is 0 Å². The van der Waals surface area contributed by atoms with E-state index in [2.05, 4.69) is 17.2 Å². The highest BCUT2D eigenvalue weighted by Crippen LogP contribution is 2.26. The van der Waals surface area contributed by atoms with Crippen molar-refractivity contribution in [3.8, 4) is 11.8 Å². The number of anilines is 1. The van der Waals surface area contributed by atoms with Crippen molar-refractivity contribution >= 4 is 11.6 Å². The third kappa shape index (κ3) is 4.40. The van der Waals surface area contributed by atoms with Gasteiger partial charge in [-0.15, -0.1) is 0 Å². The van der Waals surface area contributed by atoms with Crippen LogP contribution < -0.4 is 11.1 Å². The summed E-state index contributed by atoms with van der Waals surface area (Å²) < 4.78 is 0. The molecule has 0 heterocycles. The van der Waals surface area contributed by atoms with Gasteiger partial charge in [0.15, 0.2) is 0 Å². The molecule has 0 atom stereocenters. The van der Waals surface area contributed by atoms with Crippen LogP contribution in [0.1, 0.15) is 44.1 Å². The summed E-state index contributed by atoms with van der Waals surface area (Å²) in [6.07, 6.45) is 6.82. The Kier molecular flexibility index (Phi) is 5.64. The van der Waals surface area contributed by atoms with Crippen LogP contribution in [0.3, 0.4) is 0 Å². The fourth-order valence-electron chi connectivity index (χ4n) is 2.70. The third-order valence-electron chi connectivity index (χ3n) is 3.73. The molecule has 1 aliphatic rings. The van der Waals surface area contributed by atoms with E-state index in [1.54, 1.807) is 0 Å². The Morgan fingerprint density at radius 1 is 1.25 bits per heavy atom. The minimum absolute atomic E-state index is 0.0962. The largest absolute Gasteiger partial charge is 0.325 e. The molecule has 0 bridgehead atoms. The van der Waals surface area contributed by atoms with Crippen molar-refractivity contribution < 1.29 is 4.79 Å². The number of hydrogen-bond acceptors (Lipinski definition) is 2. The molecule has 1 fully saturated rings. The van der Waals surface area contributed by atoms with Crippen LogP contribution in [-0.4, -0.2) is 12.5 Å². The summed E-state index contributed by atoms with van der Waals surface area (Å²) >= 11 is 0. The quantitative estimate of drug-likeness (QED) is 0.830. The van der Waals surface area contributed by atoms with Crippen LogP contribution in [0.5, 0.6) is 0 Å². The number of nitrogens with one attached hydrogen (secondary N) is 1. The number of carbonyl (C=O) groups excluding carboxylic acids is 1. The smallest absolute Gasteiger partial charge is 0.224 e. The van der Waals surface area contributed by atoms with Crippen molar-refractivity contribution in [3.63, 3.8) is 0 Å². The topological polar surface area (TPSA) is 55.1 Å². The molecule has 0 saturated heterocycles. The van der Waals surface area contributed by atoms with Gasteiger partial charge in [-0.3, -0.25) is 4.79 Å². The minimum Gasteiger partial charge on any atom is -0.325 e. The maximum atomic E-state index is 12.1. The van der Waals surface area contributed by atoms with Crippen molar-refractivity contribution in [1.82, 2.24) is 0 Å². The molecule has 1 aliphatic carbocycles. The predicted molar refractivity (Wildman–Crippen MR) is 82.2 cm³/mol. The zero-order chi connectivity index (χ0) is 14.2. The van der Waals surface area contributed by atoms with E-state index in [4.69, 9.17) is 5.73 Å². The van der Waals surface area contributed by atoms with Crippen molar-refractivity contribution in [1.29, 1.82) is 0 Å². The second-order valence-corrected chi connectivity index (χ2v) is 5.31. The zero-order valence-corrected chi connectivity index (χ0v) is 11.8. The van der Waals surface area contributed by atoms with Crippen LogP contribution in [-0.2, 0) is 4.79 Å². The first-order valence-electron chi connectivity index (χ1n) is 7.37. The van der Waals surface area contributed by atoms with E-state index in [0.717, 1.165) is 11.3 Å². The van der Waals surface area contributed by atoms with Crippen LogP contribution in [0, 0.1) is 17.8 Å². The number of benzene rings is 1. The number of hydrogen-bond donors (Lipinski definition) is 2. The Balaban J connectivity index is 1.96. The number of amides is 1. The number of rotatable bonds is 3. The molecule has 2 rings (SSSR count). The molecule has 3 heteroatoms. The molecule has 20 heavy (non-hydrogen) atoms. The molecule has 1 aromatic rings. The van der Waals surface area contributed by atoms with Crippen molar-refractivity contribution in [2.24, 2.45) is 11.7 Å². The van der Waals surface area contributed by atoms with Crippen LogP contribution >= 0.6 is 0 Å². The zero-order valence-electron chi connectivity index (χ0n) is 11.8. The van der Waals surface area contributed by atoms with Gasteiger partial charge in [0, 0.05) is 12.0 Å². The first kappa shape index (κ1) is 14.6. The minimum atomic E-state index is 0.0962. The number of nitrogens with two attached hydrogens (primary N) is 1. The van der Waals surface area contributed by atoms with Gasteiger partial charge in [-0.2, -0.15) is 0 Å². The average molecular weight is 270 g/mol. The average Bonchev–Trinajstić information content (AvgIpc) is 2.47. The van der Waals surface area contributed by atoms with Crippen LogP contribution in [0.15, 0.2) is 24.3 Å². The Morgan fingerprint density at radius 3 is 2.75 bits per heavy atom.